The van der Waals surface area contributed by atoms with Gasteiger partial charge in [-0.2, -0.15) is 0 Å². The quantitative estimate of drug-likeness (QED) is 0.263. The van der Waals surface area contributed by atoms with Gasteiger partial charge in [0.2, 0.25) is 0 Å². The number of ether oxygens (including phenoxy) is 1. The van der Waals surface area contributed by atoms with Crippen LogP contribution in [0.1, 0.15) is 6.92 Å². The van der Waals surface area contributed by atoms with E-state index in [4.69, 9.17) is 15.7 Å². The van der Waals surface area contributed by atoms with Crippen LogP contribution >= 0.6 is 0 Å². The van der Waals surface area contributed by atoms with Crippen molar-refractivity contribution in [1.82, 2.24) is 4.90 Å². The van der Waals surface area contributed by atoms with Gasteiger partial charge in [-0.15, -0.1) is 0 Å². The van der Waals surface area contributed by atoms with Gasteiger partial charge in [-0.1, -0.05) is 5.16 Å². The molecular formula is C7H15N3O3. The van der Waals surface area contributed by atoms with E-state index in [0.717, 1.165) is 0 Å². The van der Waals surface area contributed by atoms with Crippen LogP contribution in [0.2, 0.25) is 0 Å². The molecule has 76 valence electrons. The first-order valence-electron chi connectivity index (χ1n) is 3.77. The summed E-state index contributed by atoms with van der Waals surface area (Å²) in [6, 6.07) is 0. The minimum Gasteiger partial charge on any atom is -0.409 e. The van der Waals surface area contributed by atoms with Gasteiger partial charge < -0.3 is 20.6 Å². The Morgan fingerprint density at radius 3 is 2.69 bits per heavy atom. The van der Waals surface area contributed by atoms with Crippen molar-refractivity contribution in [3.63, 3.8) is 0 Å². The molecule has 0 bridgehead atoms. The van der Waals surface area contributed by atoms with Crippen LogP contribution in [0.15, 0.2) is 5.16 Å². The lowest BCUT2D eigenvalue weighted by Gasteiger charge is -2.19. The molecule has 3 N–H and O–H groups in total. The zero-order valence-corrected chi connectivity index (χ0v) is 8.02. The number of oxime groups is 1. The lowest BCUT2D eigenvalue weighted by atomic mass is 10.3. The Hall–Kier alpha value is -1.30. The second-order valence-corrected chi connectivity index (χ2v) is 2.66. The van der Waals surface area contributed by atoms with Gasteiger partial charge in [0.1, 0.15) is 6.10 Å². The lowest BCUT2D eigenvalue weighted by Crippen LogP contribution is -2.40. The van der Waals surface area contributed by atoms with E-state index in [9.17, 15) is 4.79 Å². The summed E-state index contributed by atoms with van der Waals surface area (Å²) < 4.78 is 4.81. The fourth-order valence-electron chi connectivity index (χ4n) is 0.764. The zero-order valence-electron chi connectivity index (χ0n) is 8.02. The maximum Gasteiger partial charge on any atom is 0.251 e. The molecule has 0 radical (unpaired) electrons. The summed E-state index contributed by atoms with van der Waals surface area (Å²) >= 11 is 0. The van der Waals surface area contributed by atoms with Crippen LogP contribution < -0.4 is 5.73 Å². The Morgan fingerprint density at radius 2 is 2.31 bits per heavy atom. The Bertz CT molecular complexity index is 205. The third kappa shape index (κ3) is 3.75. The fraction of sp³-hybridized carbons (Fsp3) is 0.714. The summed E-state index contributed by atoms with van der Waals surface area (Å²) in [7, 11) is 3.00. The third-order valence-electron chi connectivity index (χ3n) is 1.61. The molecule has 0 aliphatic heterocycles. The Morgan fingerprint density at radius 1 is 1.77 bits per heavy atom. The van der Waals surface area contributed by atoms with Crippen LogP contribution in [0.3, 0.4) is 0 Å². The van der Waals surface area contributed by atoms with E-state index >= 15 is 0 Å². The molecule has 6 nitrogen and oxygen atoms in total. The second kappa shape index (κ2) is 5.36. The van der Waals surface area contributed by atoms with Crippen LogP contribution in [0, 0.1) is 0 Å². The van der Waals surface area contributed by atoms with Crippen molar-refractivity contribution in [3.05, 3.63) is 0 Å². The third-order valence-corrected chi connectivity index (χ3v) is 1.61. The maximum atomic E-state index is 11.3. The smallest absolute Gasteiger partial charge is 0.251 e. The van der Waals surface area contributed by atoms with Crippen molar-refractivity contribution in [2.75, 3.05) is 20.7 Å². The largest absolute Gasteiger partial charge is 0.409 e. The second-order valence-electron chi connectivity index (χ2n) is 2.66. The summed E-state index contributed by atoms with van der Waals surface area (Å²) in [5.41, 5.74) is 5.22. The molecule has 0 spiro atoms. The van der Waals surface area contributed by atoms with E-state index in [1.54, 1.807) is 14.0 Å². The number of amides is 1. The summed E-state index contributed by atoms with van der Waals surface area (Å²) in [5.74, 6) is -0.228. The first-order chi connectivity index (χ1) is 6.02. The van der Waals surface area contributed by atoms with Crippen LogP contribution in [0.5, 0.6) is 0 Å². The molecular weight excluding hydrogens is 174 g/mol. The fourth-order valence-corrected chi connectivity index (χ4v) is 0.764. The number of likely N-dealkylation sites (N-methyl/N-ethyl adjacent to an activating group) is 1. The van der Waals surface area contributed by atoms with Gasteiger partial charge in [-0.05, 0) is 6.92 Å². The van der Waals surface area contributed by atoms with Gasteiger partial charge in [0.05, 0.1) is 6.54 Å². The molecule has 0 aliphatic rings. The number of methoxy groups -OCH3 is 1. The van der Waals surface area contributed by atoms with Crippen molar-refractivity contribution < 1.29 is 14.7 Å². The average molecular weight is 189 g/mol. The van der Waals surface area contributed by atoms with Crippen LogP contribution in [0.25, 0.3) is 0 Å². The molecule has 0 aromatic carbocycles. The Kier molecular flexibility index (Phi) is 4.83. The van der Waals surface area contributed by atoms with Crippen molar-refractivity contribution in [3.8, 4) is 0 Å². The number of nitrogens with zero attached hydrogens (tertiary/aromatic N) is 2. The predicted octanol–water partition coefficient (Wildman–Crippen LogP) is -0.774. The molecule has 1 unspecified atom stereocenters. The summed E-state index contributed by atoms with van der Waals surface area (Å²) in [6.45, 7) is 1.72. The molecule has 1 amide bonds. The van der Waals surface area contributed by atoms with Gasteiger partial charge in [0, 0.05) is 14.2 Å². The first kappa shape index (κ1) is 11.7. The zero-order chi connectivity index (χ0) is 10.4. The summed E-state index contributed by atoms with van der Waals surface area (Å²) in [6.07, 6.45) is -0.517. The molecule has 13 heavy (non-hydrogen) atoms. The molecule has 6 heteroatoms. The normalized spacial score (nSPS) is 13.9. The molecule has 0 aromatic rings. The highest BCUT2D eigenvalue weighted by molar-refractivity contribution is 5.88. The van der Waals surface area contributed by atoms with Crippen molar-refractivity contribution >= 4 is 11.7 Å². The number of carbonyl (C=O) groups is 1. The molecule has 0 saturated heterocycles. The number of carbonyl (C=O) groups excluding carboxylic acids is 1. The number of amidine groups is 1. The number of hydrogen-bond acceptors (Lipinski definition) is 4. The molecule has 0 aliphatic carbocycles. The maximum absolute atomic E-state index is 11.3. The van der Waals surface area contributed by atoms with Gasteiger partial charge in [-0.25, -0.2) is 0 Å². The summed E-state index contributed by atoms with van der Waals surface area (Å²) in [5, 5.41) is 11.0. The molecule has 0 heterocycles. The van der Waals surface area contributed by atoms with E-state index in [0.29, 0.717) is 0 Å². The first-order valence-corrected chi connectivity index (χ1v) is 3.77. The molecule has 0 fully saturated rings. The average Bonchev–Trinajstić information content (AvgIpc) is 2.14. The van der Waals surface area contributed by atoms with Gasteiger partial charge >= 0.3 is 0 Å². The van der Waals surface area contributed by atoms with E-state index in [2.05, 4.69) is 5.16 Å². The number of rotatable bonds is 4. The van der Waals surface area contributed by atoms with E-state index in [1.807, 2.05) is 0 Å². The minimum atomic E-state index is -0.517. The molecule has 1 atom stereocenters. The van der Waals surface area contributed by atoms with E-state index in [1.165, 1.54) is 12.0 Å². The number of nitrogens with two attached hydrogens (primary N) is 1. The van der Waals surface area contributed by atoms with Crippen molar-refractivity contribution in [2.45, 2.75) is 13.0 Å². The Labute approximate surface area is 76.9 Å². The predicted molar refractivity (Wildman–Crippen MR) is 47.5 cm³/mol. The van der Waals surface area contributed by atoms with Gasteiger partial charge in [-0.3, -0.25) is 4.79 Å². The van der Waals surface area contributed by atoms with Crippen molar-refractivity contribution in [2.24, 2.45) is 10.9 Å². The highest BCUT2D eigenvalue weighted by atomic mass is 16.5. The highest BCUT2D eigenvalue weighted by Gasteiger charge is 2.17. The highest BCUT2D eigenvalue weighted by Crippen LogP contribution is 1.94. The summed E-state index contributed by atoms with van der Waals surface area (Å²) in [4.78, 5) is 12.7. The monoisotopic (exact) mass is 189 g/mol. The van der Waals surface area contributed by atoms with E-state index < -0.39 is 6.10 Å². The van der Waals surface area contributed by atoms with Gasteiger partial charge in [0.15, 0.2) is 5.84 Å². The van der Waals surface area contributed by atoms with E-state index in [-0.39, 0.29) is 18.3 Å². The number of hydrogen-bond donors (Lipinski definition) is 2. The standard InChI is InChI=1S/C7H15N3O3/c1-5(13-3)7(11)10(2)4-6(8)9-12/h5,12H,4H2,1-3H3,(H2,8,9). The molecule has 0 aromatic heterocycles. The van der Waals surface area contributed by atoms with Crippen molar-refractivity contribution in [1.29, 1.82) is 0 Å². The van der Waals surface area contributed by atoms with Crippen LogP contribution in [0.4, 0.5) is 0 Å². The Balaban J connectivity index is 4.11. The topological polar surface area (TPSA) is 88.2 Å². The lowest BCUT2D eigenvalue weighted by molar-refractivity contribution is -0.138. The SMILES string of the molecule is COC(C)C(=O)N(C)CC(N)=NO. The molecule has 0 rings (SSSR count). The van der Waals surface area contributed by atoms with Crippen LogP contribution in [-0.2, 0) is 9.53 Å². The minimum absolute atomic E-state index is 0.0147. The van der Waals surface area contributed by atoms with Gasteiger partial charge in [0.25, 0.3) is 5.91 Å². The molecule has 0 saturated carbocycles. The van der Waals surface area contributed by atoms with Crippen LogP contribution in [-0.4, -0.2) is 48.7 Å².